The molecule has 2 amide bonds. The van der Waals surface area contributed by atoms with E-state index in [0.717, 1.165) is 51.8 Å². The van der Waals surface area contributed by atoms with E-state index in [1.54, 1.807) is 30.3 Å². The van der Waals surface area contributed by atoms with Crippen LogP contribution >= 0.6 is 0 Å². The Bertz CT molecular complexity index is 2130. The molecule has 0 radical (unpaired) electrons. The monoisotopic (exact) mass is 752 g/mol. The van der Waals surface area contributed by atoms with Gasteiger partial charge in [-0.25, -0.2) is 18.4 Å². The lowest BCUT2D eigenvalue weighted by Crippen LogP contribution is -2.56. The van der Waals surface area contributed by atoms with Gasteiger partial charge in [-0.1, -0.05) is 64.1 Å². The first kappa shape index (κ1) is 40.8. The van der Waals surface area contributed by atoms with Gasteiger partial charge >= 0.3 is 11.9 Å². The maximum atomic E-state index is 13.6. The zero-order valence-corrected chi connectivity index (χ0v) is 32.6. The van der Waals surface area contributed by atoms with Gasteiger partial charge in [0.05, 0.1) is 7.11 Å². The van der Waals surface area contributed by atoms with Crippen molar-refractivity contribution in [3.8, 4) is 0 Å². The zero-order valence-electron chi connectivity index (χ0n) is 32.6. The first-order valence-corrected chi connectivity index (χ1v) is 18.7. The van der Waals surface area contributed by atoms with Crippen molar-refractivity contribution >= 4 is 23.8 Å². The molecule has 4 aromatic carbocycles. The Hall–Kier alpha value is -5.38. The molecule has 6 rings (SSSR count). The topological polar surface area (TPSA) is 122 Å². The maximum absolute atomic E-state index is 13.6. The summed E-state index contributed by atoms with van der Waals surface area (Å²) in [5.74, 6) is -2.34. The molecule has 290 valence electrons. The van der Waals surface area contributed by atoms with E-state index >= 15 is 0 Å². The number of fused-ring (bicyclic) bond motifs is 2. The molecule has 0 fully saturated rings. The fraction of sp³-hybridized carbons (Fsp3) is 0.378. The van der Waals surface area contributed by atoms with Crippen molar-refractivity contribution in [3.05, 3.63) is 140 Å². The fourth-order valence-corrected chi connectivity index (χ4v) is 7.82. The third kappa shape index (κ3) is 8.96. The second-order valence-electron chi connectivity index (χ2n) is 15.8. The zero-order chi connectivity index (χ0) is 40.2. The number of halogens is 2. The van der Waals surface area contributed by atoms with E-state index in [0.29, 0.717) is 28.5 Å². The molecule has 0 bridgehead atoms. The lowest BCUT2D eigenvalue weighted by atomic mass is 9.91. The predicted molar refractivity (Wildman–Crippen MR) is 207 cm³/mol. The average molecular weight is 753 g/mol. The molecule has 2 aliphatic carbocycles. The standard InChI is InChI=1S/C23H26FNO3.C22H24FNO3/c1-14(2)10-20-15(3)6-5-7-19(20)21(26)25-23(22(27)28-4)12-16-8-9-18(24)11-17(16)13-23;1-13(2)9-19-14(3)5-4-6-18(19)20(25)24-22(21(26)27)11-15-7-8-17(23)10-16(15)12-22/h5-9,11,14H,10,12-13H2,1-4H3,(H,25,26);4-8,10,13H,9,11-12H2,1-3H3,(H,24,25)(H,26,27)/t23-;22-/m01/s1. The van der Waals surface area contributed by atoms with Crippen LogP contribution in [0.3, 0.4) is 0 Å². The molecular weight excluding hydrogens is 702 g/mol. The van der Waals surface area contributed by atoms with Crippen LogP contribution in [0.2, 0.25) is 0 Å². The van der Waals surface area contributed by atoms with Crippen LogP contribution in [0, 0.1) is 37.3 Å². The average Bonchev–Trinajstić information content (AvgIpc) is 3.67. The highest BCUT2D eigenvalue weighted by Gasteiger charge is 2.47. The van der Waals surface area contributed by atoms with Crippen molar-refractivity contribution in [2.45, 2.75) is 91.1 Å². The summed E-state index contributed by atoms with van der Waals surface area (Å²) in [7, 11) is 1.30. The van der Waals surface area contributed by atoms with Gasteiger partial charge in [-0.2, -0.15) is 0 Å². The van der Waals surface area contributed by atoms with E-state index in [4.69, 9.17) is 4.74 Å². The number of aryl methyl sites for hydroxylation is 2. The van der Waals surface area contributed by atoms with Gasteiger partial charge in [0.2, 0.25) is 0 Å². The predicted octanol–water partition coefficient (Wildman–Crippen LogP) is 7.46. The van der Waals surface area contributed by atoms with Gasteiger partial charge < -0.3 is 20.5 Å². The molecule has 3 N–H and O–H groups in total. The molecule has 0 spiro atoms. The highest BCUT2D eigenvalue weighted by atomic mass is 19.1. The third-order valence-electron chi connectivity index (χ3n) is 10.5. The Morgan fingerprint density at radius 3 is 1.47 bits per heavy atom. The van der Waals surface area contributed by atoms with E-state index in [9.17, 15) is 33.1 Å². The molecular formula is C45H50F2N2O6. The van der Waals surface area contributed by atoms with Crippen LogP contribution in [0.4, 0.5) is 8.78 Å². The van der Waals surface area contributed by atoms with Crippen LogP contribution in [0.5, 0.6) is 0 Å². The number of carboxylic acid groups (broad SMARTS) is 1. The molecule has 2 atom stereocenters. The van der Waals surface area contributed by atoms with Gasteiger partial charge in [-0.05, 0) is 119 Å². The van der Waals surface area contributed by atoms with Crippen molar-refractivity contribution in [3.63, 3.8) is 0 Å². The summed E-state index contributed by atoms with van der Waals surface area (Å²) in [6.07, 6.45) is 2.23. The molecule has 0 saturated heterocycles. The Morgan fingerprint density at radius 1 is 0.655 bits per heavy atom. The van der Waals surface area contributed by atoms with E-state index in [-0.39, 0.29) is 37.4 Å². The summed E-state index contributed by atoms with van der Waals surface area (Å²) in [4.78, 5) is 51.0. The smallest absolute Gasteiger partial charge is 0.332 e. The van der Waals surface area contributed by atoms with E-state index in [1.165, 1.54) is 31.4 Å². The minimum Gasteiger partial charge on any atom is -0.479 e. The molecule has 0 aromatic heterocycles. The van der Waals surface area contributed by atoms with Crippen molar-refractivity contribution in [1.29, 1.82) is 0 Å². The quantitative estimate of drug-likeness (QED) is 0.145. The number of carboxylic acids is 1. The SMILES string of the molecule is COC(=O)[C@]1(NC(=O)c2cccc(C)c2CC(C)C)Cc2ccc(F)cc2C1.Cc1cccc(C(=O)N[C@]2(C(=O)O)Cc3ccc(F)cc3C2)c1CC(C)C. The van der Waals surface area contributed by atoms with Gasteiger partial charge in [0.25, 0.3) is 11.8 Å². The van der Waals surface area contributed by atoms with Gasteiger partial charge in [0.15, 0.2) is 0 Å². The first-order valence-electron chi connectivity index (χ1n) is 18.7. The number of nitrogens with one attached hydrogen (secondary N) is 2. The maximum Gasteiger partial charge on any atom is 0.332 e. The van der Waals surface area contributed by atoms with Crippen LogP contribution in [-0.2, 0) is 52.9 Å². The van der Waals surface area contributed by atoms with Gasteiger partial charge in [-0.15, -0.1) is 0 Å². The number of benzene rings is 4. The lowest BCUT2D eigenvalue weighted by molar-refractivity contribution is -0.148. The summed E-state index contributed by atoms with van der Waals surface area (Å²) in [5.41, 5.74) is 5.33. The van der Waals surface area contributed by atoms with Crippen LogP contribution in [0.1, 0.15) is 92.9 Å². The molecule has 4 aromatic rings. The third-order valence-corrected chi connectivity index (χ3v) is 10.5. The number of amides is 2. The van der Waals surface area contributed by atoms with Gasteiger partial charge in [0.1, 0.15) is 22.7 Å². The minimum absolute atomic E-state index is 0.0759. The fourth-order valence-electron chi connectivity index (χ4n) is 7.82. The Kier molecular flexibility index (Phi) is 12.3. The highest BCUT2D eigenvalue weighted by molar-refractivity contribution is 6.01. The summed E-state index contributed by atoms with van der Waals surface area (Å²) < 4.78 is 32.2. The number of ether oxygens (including phenoxy) is 1. The van der Waals surface area contributed by atoms with Crippen molar-refractivity contribution in [2.24, 2.45) is 11.8 Å². The number of hydrogen-bond donors (Lipinski definition) is 3. The second kappa shape index (κ2) is 16.6. The molecule has 0 unspecified atom stereocenters. The number of aliphatic carboxylic acids is 1. The molecule has 10 heteroatoms. The first-order chi connectivity index (χ1) is 26.0. The summed E-state index contributed by atoms with van der Waals surface area (Å²) in [5, 5.41) is 15.5. The molecule has 55 heavy (non-hydrogen) atoms. The van der Waals surface area contributed by atoms with E-state index in [1.807, 2.05) is 32.0 Å². The van der Waals surface area contributed by atoms with Crippen LogP contribution in [0.15, 0.2) is 72.8 Å². The molecule has 2 aliphatic rings. The summed E-state index contributed by atoms with van der Waals surface area (Å²) >= 11 is 0. The molecule has 0 heterocycles. The normalized spacial score (nSPS) is 18.2. The number of methoxy groups -OCH3 is 1. The highest BCUT2D eigenvalue weighted by Crippen LogP contribution is 2.34. The molecule has 0 aliphatic heterocycles. The number of carbonyl (C=O) groups is 4. The van der Waals surface area contributed by atoms with E-state index < -0.39 is 34.7 Å². The largest absolute Gasteiger partial charge is 0.479 e. The lowest BCUT2D eigenvalue weighted by Gasteiger charge is -2.28. The Labute approximate surface area is 321 Å². The number of esters is 1. The number of rotatable bonds is 10. The van der Waals surface area contributed by atoms with Crippen LogP contribution in [-0.4, -0.2) is 47.0 Å². The molecule has 8 nitrogen and oxygen atoms in total. The van der Waals surface area contributed by atoms with E-state index in [2.05, 4.69) is 38.3 Å². The minimum atomic E-state index is -1.45. The van der Waals surface area contributed by atoms with Crippen LogP contribution < -0.4 is 10.6 Å². The van der Waals surface area contributed by atoms with Crippen LogP contribution in [0.25, 0.3) is 0 Å². The Morgan fingerprint density at radius 2 is 1.05 bits per heavy atom. The summed E-state index contributed by atoms with van der Waals surface area (Å²) in [6.45, 7) is 12.3. The van der Waals surface area contributed by atoms with Crippen molar-refractivity contribution in [1.82, 2.24) is 10.6 Å². The second-order valence-corrected chi connectivity index (χ2v) is 15.8. The summed E-state index contributed by atoms with van der Waals surface area (Å²) in [6, 6.07) is 19.8. The number of carbonyl (C=O) groups excluding carboxylic acids is 3. The van der Waals surface area contributed by atoms with Crippen molar-refractivity contribution in [2.75, 3.05) is 7.11 Å². The van der Waals surface area contributed by atoms with Gasteiger partial charge in [0, 0.05) is 36.8 Å². The number of hydrogen-bond acceptors (Lipinski definition) is 5. The van der Waals surface area contributed by atoms with Crippen molar-refractivity contribution < 1.29 is 37.8 Å². The Balaban J connectivity index is 0.000000211. The van der Waals surface area contributed by atoms with Gasteiger partial charge in [-0.3, -0.25) is 9.59 Å². The molecule has 0 saturated carbocycles.